The van der Waals surface area contributed by atoms with Crippen molar-refractivity contribution in [1.82, 2.24) is 0 Å². The van der Waals surface area contributed by atoms with E-state index < -0.39 is 0 Å². The summed E-state index contributed by atoms with van der Waals surface area (Å²) >= 11 is 0. The van der Waals surface area contributed by atoms with E-state index in [-0.39, 0.29) is 18.0 Å². The second kappa shape index (κ2) is 4.42. The molecule has 2 atom stereocenters. The van der Waals surface area contributed by atoms with E-state index in [4.69, 9.17) is 4.74 Å². The van der Waals surface area contributed by atoms with Crippen molar-refractivity contribution < 1.29 is 9.13 Å². The van der Waals surface area contributed by atoms with Gasteiger partial charge in [-0.25, -0.2) is 4.39 Å². The molecule has 0 N–H and O–H groups in total. The van der Waals surface area contributed by atoms with E-state index in [1.807, 2.05) is 32.9 Å². The van der Waals surface area contributed by atoms with Crippen molar-refractivity contribution in [3.8, 4) is 0 Å². The monoisotopic (exact) mass is 223 g/mol. The average Bonchev–Trinajstić information content (AvgIpc) is 2.15. The normalized spacial score (nSPS) is 25.9. The first-order valence-corrected chi connectivity index (χ1v) is 5.73. The molecule has 3 heteroatoms. The van der Waals surface area contributed by atoms with E-state index in [2.05, 4.69) is 4.90 Å². The molecule has 0 saturated carbocycles. The second-order valence-corrected chi connectivity index (χ2v) is 4.62. The lowest BCUT2D eigenvalue weighted by atomic mass is 10.1. The van der Waals surface area contributed by atoms with Crippen molar-refractivity contribution in [2.75, 3.05) is 18.0 Å². The minimum atomic E-state index is -0.138. The molecule has 88 valence electrons. The highest BCUT2D eigenvalue weighted by atomic mass is 19.1. The van der Waals surface area contributed by atoms with E-state index in [1.165, 1.54) is 0 Å². The smallest absolute Gasteiger partial charge is 0.146 e. The van der Waals surface area contributed by atoms with Crippen LogP contribution in [0, 0.1) is 12.7 Å². The van der Waals surface area contributed by atoms with Crippen molar-refractivity contribution >= 4 is 5.69 Å². The Labute approximate surface area is 96.0 Å². The summed E-state index contributed by atoms with van der Waals surface area (Å²) in [5.41, 5.74) is 1.64. The second-order valence-electron chi connectivity index (χ2n) is 4.62. The van der Waals surface area contributed by atoms with Gasteiger partial charge >= 0.3 is 0 Å². The molecule has 1 heterocycles. The number of ether oxygens (including phenoxy) is 1. The maximum atomic E-state index is 13.8. The number of halogens is 1. The third kappa shape index (κ3) is 2.35. The maximum Gasteiger partial charge on any atom is 0.146 e. The Bertz CT molecular complexity index is 370. The predicted octanol–water partition coefficient (Wildman–Crippen LogP) is 2.75. The number of hydrogen-bond donors (Lipinski definition) is 0. The summed E-state index contributed by atoms with van der Waals surface area (Å²) in [5, 5.41) is 0. The molecule has 0 bridgehead atoms. The lowest BCUT2D eigenvalue weighted by Crippen LogP contribution is -2.45. The summed E-state index contributed by atoms with van der Waals surface area (Å²) < 4.78 is 19.4. The van der Waals surface area contributed by atoms with Crippen LogP contribution in [0.5, 0.6) is 0 Å². The summed E-state index contributed by atoms with van der Waals surface area (Å²) in [5.74, 6) is -0.138. The Balaban J connectivity index is 2.23. The van der Waals surface area contributed by atoms with Crippen LogP contribution in [0.4, 0.5) is 10.1 Å². The molecule has 2 rings (SSSR count). The SMILES string of the molecule is Cc1ccc(N2CC(C)OC(C)C2)c(F)c1. The van der Waals surface area contributed by atoms with Gasteiger partial charge in [-0.3, -0.25) is 0 Å². The molecule has 0 amide bonds. The number of aryl methyl sites for hydroxylation is 1. The van der Waals surface area contributed by atoms with Crippen LogP contribution in [0.1, 0.15) is 19.4 Å². The first-order valence-electron chi connectivity index (χ1n) is 5.73. The quantitative estimate of drug-likeness (QED) is 0.726. The summed E-state index contributed by atoms with van der Waals surface area (Å²) in [6.07, 6.45) is 0.314. The summed E-state index contributed by atoms with van der Waals surface area (Å²) in [6.45, 7) is 7.45. The average molecular weight is 223 g/mol. The molecule has 1 fully saturated rings. The minimum Gasteiger partial charge on any atom is -0.372 e. The topological polar surface area (TPSA) is 12.5 Å². The molecular weight excluding hydrogens is 205 g/mol. The van der Waals surface area contributed by atoms with Crippen molar-refractivity contribution in [3.63, 3.8) is 0 Å². The van der Waals surface area contributed by atoms with E-state index >= 15 is 0 Å². The van der Waals surface area contributed by atoms with Crippen LogP contribution in [-0.4, -0.2) is 25.3 Å². The fourth-order valence-corrected chi connectivity index (χ4v) is 2.24. The van der Waals surface area contributed by atoms with Crippen LogP contribution in [0.3, 0.4) is 0 Å². The van der Waals surface area contributed by atoms with Crippen LogP contribution in [0.2, 0.25) is 0 Å². The Morgan fingerprint density at radius 1 is 1.25 bits per heavy atom. The van der Waals surface area contributed by atoms with Crippen molar-refractivity contribution in [3.05, 3.63) is 29.6 Å². The van der Waals surface area contributed by atoms with Gasteiger partial charge in [0.05, 0.1) is 17.9 Å². The van der Waals surface area contributed by atoms with E-state index in [9.17, 15) is 4.39 Å². The number of rotatable bonds is 1. The Morgan fingerprint density at radius 3 is 2.44 bits per heavy atom. The highest BCUT2D eigenvalue weighted by molar-refractivity contribution is 5.49. The molecule has 1 aliphatic rings. The fourth-order valence-electron chi connectivity index (χ4n) is 2.24. The van der Waals surface area contributed by atoms with Crippen LogP contribution in [0.25, 0.3) is 0 Å². The van der Waals surface area contributed by atoms with Crippen molar-refractivity contribution in [2.24, 2.45) is 0 Å². The van der Waals surface area contributed by atoms with Gasteiger partial charge in [-0.05, 0) is 38.5 Å². The maximum absolute atomic E-state index is 13.8. The summed E-state index contributed by atoms with van der Waals surface area (Å²) in [6, 6.07) is 5.39. The van der Waals surface area contributed by atoms with Crippen LogP contribution in [-0.2, 0) is 4.74 Å². The number of nitrogens with zero attached hydrogens (tertiary/aromatic N) is 1. The molecule has 2 nitrogen and oxygen atoms in total. The van der Waals surface area contributed by atoms with Crippen molar-refractivity contribution in [1.29, 1.82) is 0 Å². The lowest BCUT2D eigenvalue weighted by molar-refractivity contribution is -0.00539. The van der Waals surface area contributed by atoms with Crippen molar-refractivity contribution in [2.45, 2.75) is 33.0 Å². The number of benzene rings is 1. The third-order valence-electron chi connectivity index (χ3n) is 2.86. The molecule has 2 unspecified atom stereocenters. The lowest BCUT2D eigenvalue weighted by Gasteiger charge is -2.37. The molecule has 0 aliphatic carbocycles. The van der Waals surface area contributed by atoms with E-state index in [0.717, 1.165) is 18.7 Å². The molecule has 0 aromatic heterocycles. The van der Waals surface area contributed by atoms with Gasteiger partial charge in [-0.15, -0.1) is 0 Å². The molecule has 1 aromatic carbocycles. The standard InChI is InChI=1S/C13H18FNO/c1-9-4-5-13(12(14)6-9)15-7-10(2)16-11(3)8-15/h4-6,10-11H,7-8H2,1-3H3. The van der Waals surface area contributed by atoms with E-state index in [1.54, 1.807) is 6.07 Å². The third-order valence-corrected chi connectivity index (χ3v) is 2.86. The van der Waals surface area contributed by atoms with Gasteiger partial charge < -0.3 is 9.64 Å². The minimum absolute atomic E-state index is 0.138. The van der Waals surface area contributed by atoms with Gasteiger partial charge in [0.15, 0.2) is 0 Å². The number of morpholine rings is 1. The zero-order valence-corrected chi connectivity index (χ0v) is 10.0. The van der Waals surface area contributed by atoms with Gasteiger partial charge in [0.25, 0.3) is 0 Å². The van der Waals surface area contributed by atoms with Gasteiger partial charge in [0.1, 0.15) is 5.82 Å². The number of hydrogen-bond acceptors (Lipinski definition) is 2. The Kier molecular flexibility index (Phi) is 3.15. The van der Waals surface area contributed by atoms with Gasteiger partial charge in [0.2, 0.25) is 0 Å². The van der Waals surface area contributed by atoms with Crippen LogP contribution >= 0.6 is 0 Å². The summed E-state index contributed by atoms with van der Waals surface area (Å²) in [7, 11) is 0. The van der Waals surface area contributed by atoms with Crippen LogP contribution < -0.4 is 4.90 Å². The molecule has 0 spiro atoms. The largest absolute Gasteiger partial charge is 0.372 e. The number of anilines is 1. The van der Waals surface area contributed by atoms with Crippen LogP contribution in [0.15, 0.2) is 18.2 Å². The molecular formula is C13H18FNO. The zero-order chi connectivity index (χ0) is 11.7. The molecule has 0 radical (unpaired) electrons. The summed E-state index contributed by atoms with van der Waals surface area (Å²) in [4.78, 5) is 2.06. The fraction of sp³-hybridized carbons (Fsp3) is 0.538. The molecule has 16 heavy (non-hydrogen) atoms. The predicted molar refractivity (Wildman–Crippen MR) is 63.4 cm³/mol. The van der Waals surface area contributed by atoms with E-state index in [0.29, 0.717) is 5.69 Å². The molecule has 1 saturated heterocycles. The highest BCUT2D eigenvalue weighted by Crippen LogP contribution is 2.24. The van der Waals surface area contributed by atoms with Gasteiger partial charge in [-0.1, -0.05) is 6.07 Å². The Morgan fingerprint density at radius 2 is 1.88 bits per heavy atom. The molecule has 1 aromatic rings. The van der Waals surface area contributed by atoms with Gasteiger partial charge in [0, 0.05) is 13.1 Å². The Hall–Kier alpha value is -1.09. The highest BCUT2D eigenvalue weighted by Gasteiger charge is 2.23. The van der Waals surface area contributed by atoms with Gasteiger partial charge in [-0.2, -0.15) is 0 Å². The zero-order valence-electron chi connectivity index (χ0n) is 10.0. The first-order chi connectivity index (χ1) is 7.56. The molecule has 1 aliphatic heterocycles. The first kappa shape index (κ1) is 11.4.